The number of hydrogen-bond donors (Lipinski definition) is 1. The van der Waals surface area contributed by atoms with Crippen LogP contribution < -0.4 is 5.32 Å². The Hall–Kier alpha value is -1.22. The van der Waals surface area contributed by atoms with E-state index >= 15 is 0 Å². The fourth-order valence-electron chi connectivity index (χ4n) is 1.02. The zero-order chi connectivity index (χ0) is 10.2. The third-order valence-corrected chi connectivity index (χ3v) is 2.01. The summed E-state index contributed by atoms with van der Waals surface area (Å²) in [6.07, 6.45) is 6.53. The molecule has 0 bridgehead atoms. The number of pyridine rings is 1. The number of hydrogen-bond acceptors (Lipinski definition) is 2. The molecule has 0 aromatic carbocycles. The van der Waals surface area contributed by atoms with Gasteiger partial charge < -0.3 is 5.32 Å². The lowest BCUT2D eigenvalue weighted by Crippen LogP contribution is -2.23. The van der Waals surface area contributed by atoms with Crippen molar-refractivity contribution in [1.29, 1.82) is 0 Å². The van der Waals surface area contributed by atoms with Gasteiger partial charge in [0, 0.05) is 24.9 Å². The second kappa shape index (κ2) is 6.27. The number of nitrogens with zero attached hydrogens (tertiary/aromatic N) is 1. The zero-order valence-electron chi connectivity index (χ0n) is 8.23. The summed E-state index contributed by atoms with van der Waals surface area (Å²) in [5.41, 5.74) is 1.01. The predicted octanol–water partition coefficient (Wildman–Crippen LogP) is 2.12. The Bertz CT molecular complexity index is 306. The normalized spacial score (nSPS) is 10.4. The van der Waals surface area contributed by atoms with Crippen molar-refractivity contribution in [3.8, 4) is 0 Å². The maximum Gasteiger partial charge on any atom is 0.0816 e. The van der Waals surface area contributed by atoms with E-state index in [4.69, 9.17) is 12.2 Å². The number of thiocarbonyl (C=S) groups is 1. The molecule has 0 amide bonds. The molecular weight excluding hydrogens is 192 g/mol. The summed E-state index contributed by atoms with van der Waals surface area (Å²) in [6, 6.07) is 5.85. The average Bonchev–Trinajstić information content (AvgIpc) is 2.20. The molecule has 1 N–H and O–H groups in total. The first-order valence-electron chi connectivity index (χ1n) is 4.60. The van der Waals surface area contributed by atoms with E-state index in [1.165, 1.54) is 0 Å². The third-order valence-electron chi connectivity index (χ3n) is 1.72. The SMILES string of the molecule is C/C=C/CNC(=S)Cc1ccccn1. The maximum atomic E-state index is 5.16. The van der Waals surface area contributed by atoms with Crippen LogP contribution in [0.15, 0.2) is 36.5 Å². The van der Waals surface area contributed by atoms with Crippen molar-refractivity contribution >= 4 is 17.2 Å². The Labute approximate surface area is 90.1 Å². The lowest BCUT2D eigenvalue weighted by molar-refractivity contribution is 1.01. The molecule has 1 aromatic rings. The molecule has 0 aliphatic heterocycles. The van der Waals surface area contributed by atoms with Gasteiger partial charge in [0.2, 0.25) is 0 Å². The quantitative estimate of drug-likeness (QED) is 0.603. The Kier molecular flexibility index (Phi) is 4.86. The van der Waals surface area contributed by atoms with Gasteiger partial charge in [0.1, 0.15) is 0 Å². The molecule has 74 valence electrons. The topological polar surface area (TPSA) is 24.9 Å². The fraction of sp³-hybridized carbons (Fsp3) is 0.273. The average molecular weight is 206 g/mol. The van der Waals surface area contributed by atoms with Crippen LogP contribution in [0.2, 0.25) is 0 Å². The number of rotatable bonds is 4. The number of aromatic nitrogens is 1. The van der Waals surface area contributed by atoms with E-state index in [-0.39, 0.29) is 0 Å². The van der Waals surface area contributed by atoms with Crippen LogP contribution in [-0.4, -0.2) is 16.5 Å². The Morgan fingerprint density at radius 2 is 2.43 bits per heavy atom. The molecule has 0 spiro atoms. The van der Waals surface area contributed by atoms with Crippen molar-refractivity contribution in [3.05, 3.63) is 42.2 Å². The molecule has 0 fully saturated rings. The highest BCUT2D eigenvalue weighted by molar-refractivity contribution is 7.80. The molecule has 1 aromatic heterocycles. The van der Waals surface area contributed by atoms with Crippen molar-refractivity contribution in [2.24, 2.45) is 0 Å². The van der Waals surface area contributed by atoms with Gasteiger partial charge in [-0.2, -0.15) is 0 Å². The van der Waals surface area contributed by atoms with Crippen molar-refractivity contribution in [2.45, 2.75) is 13.3 Å². The Morgan fingerprint density at radius 1 is 1.57 bits per heavy atom. The summed E-state index contributed by atoms with van der Waals surface area (Å²) < 4.78 is 0. The molecule has 0 aliphatic carbocycles. The Morgan fingerprint density at radius 3 is 3.07 bits per heavy atom. The van der Waals surface area contributed by atoms with Crippen LogP contribution in [0, 0.1) is 0 Å². The monoisotopic (exact) mass is 206 g/mol. The summed E-state index contributed by atoms with van der Waals surface area (Å²) in [4.78, 5) is 5.04. The van der Waals surface area contributed by atoms with Gasteiger partial charge in [0.05, 0.1) is 4.99 Å². The second-order valence-electron chi connectivity index (χ2n) is 2.87. The summed E-state index contributed by atoms with van der Waals surface area (Å²) in [5, 5.41) is 3.14. The summed E-state index contributed by atoms with van der Waals surface area (Å²) in [5.74, 6) is 0. The first-order valence-corrected chi connectivity index (χ1v) is 5.01. The van der Waals surface area contributed by atoms with Crippen LogP contribution in [0.1, 0.15) is 12.6 Å². The summed E-state index contributed by atoms with van der Waals surface area (Å²) >= 11 is 5.16. The van der Waals surface area contributed by atoms with E-state index in [0.717, 1.165) is 17.2 Å². The van der Waals surface area contributed by atoms with Gasteiger partial charge in [0.25, 0.3) is 0 Å². The highest BCUT2D eigenvalue weighted by Gasteiger charge is 1.97. The minimum absolute atomic E-state index is 0.716. The van der Waals surface area contributed by atoms with Gasteiger partial charge in [-0.05, 0) is 19.1 Å². The van der Waals surface area contributed by atoms with Gasteiger partial charge in [0.15, 0.2) is 0 Å². The van der Waals surface area contributed by atoms with Gasteiger partial charge >= 0.3 is 0 Å². The molecule has 14 heavy (non-hydrogen) atoms. The van der Waals surface area contributed by atoms with Crippen LogP contribution in [-0.2, 0) is 6.42 Å². The van der Waals surface area contributed by atoms with Crippen molar-refractivity contribution in [2.75, 3.05) is 6.54 Å². The zero-order valence-corrected chi connectivity index (χ0v) is 9.05. The minimum Gasteiger partial charge on any atom is -0.376 e. The van der Waals surface area contributed by atoms with E-state index in [2.05, 4.69) is 10.3 Å². The minimum atomic E-state index is 0.716. The maximum absolute atomic E-state index is 5.16. The lowest BCUT2D eigenvalue weighted by Gasteiger charge is -2.04. The van der Waals surface area contributed by atoms with Crippen molar-refractivity contribution in [1.82, 2.24) is 10.3 Å². The smallest absolute Gasteiger partial charge is 0.0816 e. The van der Waals surface area contributed by atoms with Gasteiger partial charge in [-0.15, -0.1) is 0 Å². The molecule has 0 atom stereocenters. The van der Waals surface area contributed by atoms with Gasteiger partial charge in [-0.1, -0.05) is 30.4 Å². The lowest BCUT2D eigenvalue weighted by atomic mass is 10.3. The molecule has 0 saturated carbocycles. The molecule has 0 radical (unpaired) electrons. The van der Waals surface area contributed by atoms with Crippen molar-refractivity contribution in [3.63, 3.8) is 0 Å². The molecule has 2 nitrogen and oxygen atoms in total. The Balaban J connectivity index is 2.34. The van der Waals surface area contributed by atoms with Gasteiger partial charge in [-0.25, -0.2) is 0 Å². The predicted molar refractivity (Wildman–Crippen MR) is 63.4 cm³/mol. The molecular formula is C11H14N2S. The fourth-order valence-corrected chi connectivity index (χ4v) is 1.25. The largest absolute Gasteiger partial charge is 0.376 e. The third kappa shape index (κ3) is 4.14. The summed E-state index contributed by atoms with van der Waals surface area (Å²) in [7, 11) is 0. The van der Waals surface area contributed by atoms with E-state index < -0.39 is 0 Å². The molecule has 1 heterocycles. The van der Waals surface area contributed by atoms with E-state index in [1.54, 1.807) is 6.20 Å². The van der Waals surface area contributed by atoms with E-state index in [9.17, 15) is 0 Å². The first-order chi connectivity index (χ1) is 6.83. The molecule has 0 unspecified atom stereocenters. The first kappa shape index (κ1) is 10.9. The molecule has 0 aliphatic rings. The number of nitrogens with one attached hydrogen (secondary N) is 1. The molecule has 1 rings (SSSR count). The molecule has 3 heteroatoms. The van der Waals surface area contributed by atoms with Crippen LogP contribution >= 0.6 is 12.2 Å². The van der Waals surface area contributed by atoms with Crippen LogP contribution in [0.5, 0.6) is 0 Å². The highest BCUT2D eigenvalue weighted by atomic mass is 32.1. The molecule has 0 saturated heterocycles. The van der Waals surface area contributed by atoms with E-state index in [0.29, 0.717) is 6.42 Å². The van der Waals surface area contributed by atoms with Gasteiger partial charge in [-0.3, -0.25) is 4.98 Å². The van der Waals surface area contributed by atoms with Crippen LogP contribution in [0.4, 0.5) is 0 Å². The van der Waals surface area contributed by atoms with Crippen molar-refractivity contribution < 1.29 is 0 Å². The second-order valence-corrected chi connectivity index (χ2v) is 3.36. The standard InChI is InChI=1S/C11H14N2S/c1-2-3-7-13-11(14)9-10-6-4-5-8-12-10/h2-6,8H,7,9H2,1H3,(H,13,14)/b3-2+. The highest BCUT2D eigenvalue weighted by Crippen LogP contribution is 1.95. The summed E-state index contributed by atoms with van der Waals surface area (Å²) in [6.45, 7) is 2.78. The number of allylic oxidation sites excluding steroid dienone is 1. The van der Waals surface area contributed by atoms with Crippen LogP contribution in [0.25, 0.3) is 0 Å². The van der Waals surface area contributed by atoms with E-state index in [1.807, 2.05) is 37.3 Å². The van der Waals surface area contributed by atoms with Crippen LogP contribution in [0.3, 0.4) is 0 Å².